The summed E-state index contributed by atoms with van der Waals surface area (Å²) in [5.41, 5.74) is 9.68. The van der Waals surface area contributed by atoms with Crippen molar-refractivity contribution in [2.45, 2.75) is 13.0 Å². The Hall–Kier alpha value is -1.32. The molecule has 18 heavy (non-hydrogen) atoms. The fraction of sp³-hybridized carbons (Fsp3) is 0.200. The highest BCUT2D eigenvalue weighted by Gasteiger charge is 2.13. The van der Waals surface area contributed by atoms with Gasteiger partial charge in [0.25, 0.3) is 0 Å². The Morgan fingerprint density at radius 2 is 1.89 bits per heavy atom. The predicted octanol–water partition coefficient (Wildman–Crippen LogP) is 3.81. The number of nitrogens with two attached hydrogens (primary N) is 1. The highest BCUT2D eigenvalue weighted by molar-refractivity contribution is 9.10. The predicted molar refractivity (Wildman–Crippen MR) is 77.9 cm³/mol. The van der Waals surface area contributed by atoms with E-state index in [9.17, 15) is 0 Å². The lowest BCUT2D eigenvalue weighted by atomic mass is 9.96. The molecule has 94 valence electrons. The maximum Gasteiger partial charge on any atom is 0.119 e. The molecule has 2 aromatic carbocycles. The van der Waals surface area contributed by atoms with Crippen LogP contribution in [0.3, 0.4) is 0 Å². The Morgan fingerprint density at radius 1 is 1.17 bits per heavy atom. The minimum atomic E-state index is -0.141. The van der Waals surface area contributed by atoms with E-state index in [1.807, 2.05) is 36.4 Å². The van der Waals surface area contributed by atoms with Gasteiger partial charge in [-0.25, -0.2) is 0 Å². The highest BCUT2D eigenvalue weighted by Crippen LogP contribution is 2.28. The number of benzene rings is 2. The van der Waals surface area contributed by atoms with Crippen LogP contribution in [0.2, 0.25) is 0 Å². The van der Waals surface area contributed by atoms with Gasteiger partial charge in [0.15, 0.2) is 0 Å². The van der Waals surface area contributed by atoms with Crippen LogP contribution < -0.4 is 10.5 Å². The lowest BCUT2D eigenvalue weighted by Gasteiger charge is -2.16. The summed E-state index contributed by atoms with van der Waals surface area (Å²) >= 11 is 3.53. The maximum absolute atomic E-state index is 6.33. The summed E-state index contributed by atoms with van der Waals surface area (Å²) in [4.78, 5) is 0. The number of hydrogen-bond donors (Lipinski definition) is 1. The van der Waals surface area contributed by atoms with Crippen molar-refractivity contribution in [3.05, 3.63) is 63.6 Å². The second-order valence-electron chi connectivity index (χ2n) is 4.21. The van der Waals surface area contributed by atoms with Crippen LogP contribution in [-0.4, -0.2) is 7.11 Å². The summed E-state index contributed by atoms with van der Waals surface area (Å²) < 4.78 is 6.31. The minimum Gasteiger partial charge on any atom is -0.497 e. The van der Waals surface area contributed by atoms with Crippen LogP contribution in [0, 0.1) is 6.92 Å². The van der Waals surface area contributed by atoms with Gasteiger partial charge in [-0.15, -0.1) is 0 Å². The van der Waals surface area contributed by atoms with E-state index in [0.717, 1.165) is 21.3 Å². The molecule has 0 radical (unpaired) electrons. The second-order valence-corrected chi connectivity index (χ2v) is 5.06. The molecule has 2 N–H and O–H groups in total. The molecule has 3 heteroatoms. The zero-order valence-corrected chi connectivity index (χ0v) is 12.1. The standard InChI is InChI=1S/C15H16BrNO/c1-10-13(7-4-8-14(10)16)15(17)11-5-3-6-12(9-11)18-2/h3-9,15H,17H2,1-2H3. The van der Waals surface area contributed by atoms with Crippen molar-refractivity contribution >= 4 is 15.9 Å². The number of rotatable bonds is 3. The molecule has 0 aliphatic rings. The summed E-state index contributed by atoms with van der Waals surface area (Å²) in [6.45, 7) is 2.07. The van der Waals surface area contributed by atoms with E-state index in [-0.39, 0.29) is 6.04 Å². The van der Waals surface area contributed by atoms with Crippen LogP contribution in [0.25, 0.3) is 0 Å². The van der Waals surface area contributed by atoms with Crippen molar-refractivity contribution in [2.24, 2.45) is 5.73 Å². The molecular weight excluding hydrogens is 290 g/mol. The van der Waals surface area contributed by atoms with E-state index in [1.165, 1.54) is 5.56 Å². The second kappa shape index (κ2) is 5.55. The molecule has 0 spiro atoms. The molecular formula is C15H16BrNO. The van der Waals surface area contributed by atoms with Gasteiger partial charge in [-0.05, 0) is 41.8 Å². The van der Waals surface area contributed by atoms with Crippen molar-refractivity contribution in [2.75, 3.05) is 7.11 Å². The third kappa shape index (κ3) is 2.57. The Labute approximate surface area is 116 Å². The summed E-state index contributed by atoms with van der Waals surface area (Å²) in [6, 6.07) is 13.8. The molecule has 0 saturated heterocycles. The summed E-state index contributed by atoms with van der Waals surface area (Å²) in [5.74, 6) is 0.829. The molecule has 2 nitrogen and oxygen atoms in total. The van der Waals surface area contributed by atoms with E-state index in [0.29, 0.717) is 0 Å². The van der Waals surface area contributed by atoms with Crippen LogP contribution in [0.15, 0.2) is 46.9 Å². The SMILES string of the molecule is COc1cccc(C(N)c2cccc(Br)c2C)c1. The average Bonchev–Trinajstić information content (AvgIpc) is 2.41. The molecule has 0 heterocycles. The smallest absolute Gasteiger partial charge is 0.119 e. The van der Waals surface area contributed by atoms with Crippen LogP contribution >= 0.6 is 15.9 Å². The highest BCUT2D eigenvalue weighted by atomic mass is 79.9. The molecule has 0 aromatic heterocycles. The van der Waals surface area contributed by atoms with Gasteiger partial charge in [-0.3, -0.25) is 0 Å². The molecule has 0 aliphatic carbocycles. The van der Waals surface area contributed by atoms with E-state index in [4.69, 9.17) is 10.5 Å². The van der Waals surface area contributed by atoms with E-state index in [1.54, 1.807) is 7.11 Å². The molecule has 0 amide bonds. The molecule has 0 saturated carbocycles. The zero-order chi connectivity index (χ0) is 13.1. The first-order valence-corrected chi connectivity index (χ1v) is 6.57. The quantitative estimate of drug-likeness (QED) is 0.936. The van der Waals surface area contributed by atoms with Crippen molar-refractivity contribution in [1.82, 2.24) is 0 Å². The van der Waals surface area contributed by atoms with E-state index < -0.39 is 0 Å². The summed E-state index contributed by atoms with van der Waals surface area (Å²) in [5, 5.41) is 0. The number of methoxy groups -OCH3 is 1. The van der Waals surface area contributed by atoms with Gasteiger partial charge in [0, 0.05) is 4.47 Å². The monoisotopic (exact) mass is 305 g/mol. The Morgan fingerprint density at radius 3 is 2.61 bits per heavy atom. The number of ether oxygens (including phenoxy) is 1. The Kier molecular flexibility index (Phi) is 4.04. The van der Waals surface area contributed by atoms with Gasteiger partial charge < -0.3 is 10.5 Å². The van der Waals surface area contributed by atoms with Crippen molar-refractivity contribution in [3.63, 3.8) is 0 Å². The lowest BCUT2D eigenvalue weighted by molar-refractivity contribution is 0.414. The molecule has 0 bridgehead atoms. The number of halogens is 1. The van der Waals surface area contributed by atoms with Crippen LogP contribution in [0.4, 0.5) is 0 Å². The van der Waals surface area contributed by atoms with Crippen molar-refractivity contribution < 1.29 is 4.74 Å². The third-order valence-corrected chi connectivity index (χ3v) is 3.96. The number of hydrogen-bond acceptors (Lipinski definition) is 2. The summed E-state index contributed by atoms with van der Waals surface area (Å²) in [6.07, 6.45) is 0. The van der Waals surface area contributed by atoms with Crippen molar-refractivity contribution in [1.29, 1.82) is 0 Å². The minimum absolute atomic E-state index is 0.141. The summed E-state index contributed by atoms with van der Waals surface area (Å²) in [7, 11) is 1.66. The first kappa shape index (κ1) is 13.1. The lowest BCUT2D eigenvalue weighted by Crippen LogP contribution is -2.13. The Balaban J connectivity index is 2.41. The zero-order valence-electron chi connectivity index (χ0n) is 10.5. The molecule has 0 fully saturated rings. The first-order valence-electron chi connectivity index (χ1n) is 5.78. The normalized spacial score (nSPS) is 12.2. The Bertz CT molecular complexity index is 554. The molecule has 1 atom stereocenters. The van der Waals surface area contributed by atoms with Crippen LogP contribution in [0.5, 0.6) is 5.75 Å². The van der Waals surface area contributed by atoms with Gasteiger partial charge in [0.2, 0.25) is 0 Å². The van der Waals surface area contributed by atoms with Gasteiger partial charge in [-0.2, -0.15) is 0 Å². The fourth-order valence-corrected chi connectivity index (χ4v) is 2.36. The van der Waals surface area contributed by atoms with Gasteiger partial charge in [-0.1, -0.05) is 40.2 Å². The average molecular weight is 306 g/mol. The largest absolute Gasteiger partial charge is 0.497 e. The fourth-order valence-electron chi connectivity index (χ4n) is 1.98. The van der Waals surface area contributed by atoms with Gasteiger partial charge in [0.05, 0.1) is 13.2 Å². The molecule has 1 unspecified atom stereocenters. The topological polar surface area (TPSA) is 35.2 Å². The van der Waals surface area contributed by atoms with E-state index >= 15 is 0 Å². The molecule has 2 rings (SSSR count). The van der Waals surface area contributed by atoms with E-state index in [2.05, 4.69) is 28.9 Å². The molecule has 2 aromatic rings. The molecule has 0 aliphatic heterocycles. The maximum atomic E-state index is 6.33. The first-order chi connectivity index (χ1) is 8.63. The van der Waals surface area contributed by atoms with Crippen LogP contribution in [-0.2, 0) is 0 Å². The van der Waals surface area contributed by atoms with Crippen LogP contribution in [0.1, 0.15) is 22.7 Å². The van der Waals surface area contributed by atoms with Crippen molar-refractivity contribution in [3.8, 4) is 5.75 Å². The van der Waals surface area contributed by atoms with Gasteiger partial charge >= 0.3 is 0 Å². The third-order valence-electron chi connectivity index (χ3n) is 3.10. The van der Waals surface area contributed by atoms with Gasteiger partial charge in [0.1, 0.15) is 5.75 Å².